The lowest BCUT2D eigenvalue weighted by molar-refractivity contribution is -0.113. The topological polar surface area (TPSA) is 106 Å². The zero-order valence-electron chi connectivity index (χ0n) is 18.4. The molecule has 9 heteroatoms. The Kier molecular flexibility index (Phi) is 7.62. The smallest absolute Gasteiger partial charge is 0.277 e. The molecule has 1 fully saturated rings. The highest BCUT2D eigenvalue weighted by molar-refractivity contribution is 7.99. The van der Waals surface area contributed by atoms with E-state index in [2.05, 4.69) is 20.8 Å². The quantitative estimate of drug-likeness (QED) is 0.451. The van der Waals surface area contributed by atoms with Crippen molar-refractivity contribution >= 4 is 29.3 Å². The molecule has 1 aliphatic rings. The molecule has 172 valence electrons. The number of ether oxygens (including phenoxy) is 1. The first-order valence-electron chi connectivity index (χ1n) is 10.9. The summed E-state index contributed by atoms with van der Waals surface area (Å²) in [7, 11) is 0. The number of anilines is 1. The monoisotopic (exact) mass is 466 g/mol. The van der Waals surface area contributed by atoms with Crippen LogP contribution in [0.15, 0.2) is 58.2 Å². The fraction of sp³-hybridized carbons (Fsp3) is 0.333. The van der Waals surface area contributed by atoms with E-state index in [1.807, 2.05) is 31.2 Å². The van der Waals surface area contributed by atoms with Crippen LogP contribution in [0.2, 0.25) is 0 Å². The van der Waals surface area contributed by atoms with E-state index in [-0.39, 0.29) is 35.4 Å². The minimum Gasteiger partial charge on any atom is -0.484 e. The van der Waals surface area contributed by atoms with Crippen LogP contribution >= 0.6 is 11.8 Å². The normalized spacial score (nSPS) is 13.6. The van der Waals surface area contributed by atoms with Crippen LogP contribution < -0.4 is 15.4 Å². The third-order valence-electron chi connectivity index (χ3n) is 5.26. The summed E-state index contributed by atoms with van der Waals surface area (Å²) in [6.07, 6.45) is 4.27. The number of carbonyl (C=O) groups is 2. The Labute approximate surface area is 196 Å². The molecule has 2 aromatic carbocycles. The van der Waals surface area contributed by atoms with E-state index in [4.69, 9.17) is 9.15 Å². The van der Waals surface area contributed by atoms with Crippen LogP contribution in [0.3, 0.4) is 0 Å². The highest BCUT2D eigenvalue weighted by Crippen LogP contribution is 2.22. The molecular formula is C24H26N4O4S. The van der Waals surface area contributed by atoms with E-state index in [0.717, 1.165) is 48.8 Å². The molecule has 3 aromatic rings. The summed E-state index contributed by atoms with van der Waals surface area (Å²) in [5.41, 5.74) is 2.03. The van der Waals surface area contributed by atoms with Crippen molar-refractivity contribution in [3.05, 3.63) is 65.5 Å². The lowest BCUT2D eigenvalue weighted by Crippen LogP contribution is -2.33. The third-order valence-corrected chi connectivity index (χ3v) is 6.08. The summed E-state index contributed by atoms with van der Waals surface area (Å²) >= 11 is 1.12. The number of para-hydroxylation sites is 1. The van der Waals surface area contributed by atoms with Crippen LogP contribution in [-0.4, -0.2) is 33.8 Å². The number of amides is 2. The Balaban J connectivity index is 1.27. The number of hydrogen-bond donors (Lipinski definition) is 2. The van der Waals surface area contributed by atoms with E-state index in [1.54, 1.807) is 24.3 Å². The molecule has 2 N–H and O–H groups in total. The predicted octanol–water partition coefficient (Wildman–Crippen LogP) is 4.36. The number of carbonyl (C=O) groups excluding carboxylic acids is 2. The van der Waals surface area contributed by atoms with Gasteiger partial charge in [0.05, 0.1) is 17.0 Å². The molecule has 0 aliphatic heterocycles. The molecule has 0 spiro atoms. The van der Waals surface area contributed by atoms with Crippen molar-refractivity contribution in [3.8, 4) is 5.75 Å². The first-order valence-corrected chi connectivity index (χ1v) is 11.9. The van der Waals surface area contributed by atoms with Gasteiger partial charge in [0.15, 0.2) is 6.61 Å². The summed E-state index contributed by atoms with van der Waals surface area (Å²) in [5, 5.41) is 14.0. The van der Waals surface area contributed by atoms with Crippen molar-refractivity contribution in [2.24, 2.45) is 0 Å². The molecular weight excluding hydrogens is 440 g/mol. The highest BCUT2D eigenvalue weighted by atomic mass is 32.2. The second-order valence-electron chi connectivity index (χ2n) is 7.90. The van der Waals surface area contributed by atoms with Gasteiger partial charge in [-0.15, -0.1) is 10.2 Å². The van der Waals surface area contributed by atoms with Gasteiger partial charge in [0.25, 0.3) is 17.0 Å². The number of thioether (sulfide) groups is 1. The molecule has 0 saturated heterocycles. The van der Waals surface area contributed by atoms with Crippen LogP contribution in [0.25, 0.3) is 0 Å². The number of rotatable bonds is 9. The van der Waals surface area contributed by atoms with Crippen LogP contribution in [0.1, 0.15) is 47.5 Å². The lowest BCUT2D eigenvalue weighted by atomic mass is 10.1. The Morgan fingerprint density at radius 1 is 1.12 bits per heavy atom. The van der Waals surface area contributed by atoms with Gasteiger partial charge >= 0.3 is 0 Å². The van der Waals surface area contributed by atoms with Gasteiger partial charge in [-0.3, -0.25) is 9.59 Å². The van der Waals surface area contributed by atoms with E-state index >= 15 is 0 Å². The zero-order valence-corrected chi connectivity index (χ0v) is 19.2. The molecule has 1 aromatic heterocycles. The average molecular weight is 467 g/mol. The van der Waals surface area contributed by atoms with Crippen LogP contribution in [0.4, 0.5) is 5.69 Å². The maximum atomic E-state index is 12.7. The number of aryl methyl sites for hydroxylation is 1. The summed E-state index contributed by atoms with van der Waals surface area (Å²) < 4.78 is 11.2. The molecule has 33 heavy (non-hydrogen) atoms. The first-order chi connectivity index (χ1) is 16.1. The van der Waals surface area contributed by atoms with Crippen LogP contribution in [0.5, 0.6) is 5.75 Å². The summed E-state index contributed by atoms with van der Waals surface area (Å²) in [5.74, 6) is 0.683. The Bertz CT molecular complexity index is 1110. The minimum atomic E-state index is -0.267. The van der Waals surface area contributed by atoms with Crippen LogP contribution in [0, 0.1) is 6.92 Å². The Hall–Kier alpha value is -3.33. The molecule has 8 nitrogen and oxygen atoms in total. The van der Waals surface area contributed by atoms with Gasteiger partial charge in [0.1, 0.15) is 5.75 Å². The van der Waals surface area contributed by atoms with Crippen molar-refractivity contribution in [2.75, 3.05) is 11.1 Å². The number of aromatic nitrogens is 2. The SMILES string of the molecule is Cc1cccc(OCc2nnc(SCC(=O)Nc3ccccc3C(=O)NC3CCCC3)o2)c1. The fourth-order valence-electron chi connectivity index (χ4n) is 3.64. The molecule has 1 saturated carbocycles. The summed E-state index contributed by atoms with van der Waals surface area (Å²) in [6.45, 7) is 2.13. The van der Waals surface area contributed by atoms with Crippen molar-refractivity contribution in [3.63, 3.8) is 0 Å². The Morgan fingerprint density at radius 2 is 1.94 bits per heavy atom. The van der Waals surface area contributed by atoms with Gasteiger partial charge in [-0.2, -0.15) is 0 Å². The molecule has 2 amide bonds. The predicted molar refractivity (Wildman–Crippen MR) is 125 cm³/mol. The average Bonchev–Trinajstić information content (AvgIpc) is 3.49. The second kappa shape index (κ2) is 11.0. The molecule has 0 atom stereocenters. The number of nitrogens with one attached hydrogen (secondary N) is 2. The number of benzene rings is 2. The zero-order chi connectivity index (χ0) is 23.0. The van der Waals surface area contributed by atoms with Gasteiger partial charge in [0.2, 0.25) is 5.91 Å². The van der Waals surface area contributed by atoms with Crippen molar-refractivity contribution in [2.45, 2.75) is 50.5 Å². The largest absolute Gasteiger partial charge is 0.484 e. The van der Waals surface area contributed by atoms with Crippen molar-refractivity contribution < 1.29 is 18.7 Å². The molecule has 0 radical (unpaired) electrons. The second-order valence-corrected chi connectivity index (χ2v) is 8.83. The third kappa shape index (κ3) is 6.58. The van der Waals surface area contributed by atoms with E-state index in [9.17, 15) is 9.59 Å². The van der Waals surface area contributed by atoms with Gasteiger partial charge in [-0.1, -0.05) is 48.9 Å². The van der Waals surface area contributed by atoms with Gasteiger partial charge in [0, 0.05) is 6.04 Å². The number of nitrogens with zero attached hydrogens (tertiary/aromatic N) is 2. The lowest BCUT2D eigenvalue weighted by Gasteiger charge is -2.14. The molecule has 4 rings (SSSR count). The minimum absolute atomic E-state index is 0.0684. The highest BCUT2D eigenvalue weighted by Gasteiger charge is 2.20. The van der Waals surface area contributed by atoms with Crippen molar-refractivity contribution in [1.29, 1.82) is 0 Å². The van der Waals surface area contributed by atoms with Crippen molar-refractivity contribution in [1.82, 2.24) is 15.5 Å². The van der Waals surface area contributed by atoms with Crippen LogP contribution in [-0.2, 0) is 11.4 Å². The van der Waals surface area contributed by atoms with Gasteiger partial charge in [-0.25, -0.2) is 0 Å². The molecule has 0 unspecified atom stereocenters. The summed E-state index contributed by atoms with van der Waals surface area (Å²) in [4.78, 5) is 25.1. The summed E-state index contributed by atoms with van der Waals surface area (Å²) in [6, 6.07) is 14.9. The first kappa shape index (κ1) is 22.8. The van der Waals surface area contributed by atoms with Gasteiger partial charge < -0.3 is 19.8 Å². The Morgan fingerprint density at radius 3 is 2.76 bits per heavy atom. The number of hydrogen-bond acceptors (Lipinski definition) is 7. The maximum Gasteiger partial charge on any atom is 0.277 e. The van der Waals surface area contributed by atoms with Gasteiger partial charge in [-0.05, 0) is 49.6 Å². The molecule has 0 bridgehead atoms. The van der Waals surface area contributed by atoms with E-state index < -0.39 is 0 Å². The van der Waals surface area contributed by atoms with E-state index in [1.165, 1.54) is 0 Å². The van der Waals surface area contributed by atoms with E-state index in [0.29, 0.717) is 17.1 Å². The fourth-order valence-corrected chi connectivity index (χ4v) is 4.22. The maximum absolute atomic E-state index is 12.7. The molecule has 1 aliphatic carbocycles. The standard InChI is InChI=1S/C24H26N4O4S/c1-16-7-6-10-18(13-16)31-14-22-27-28-24(32-22)33-15-21(29)26-20-12-5-4-11-19(20)23(30)25-17-8-2-3-9-17/h4-7,10-13,17H,2-3,8-9,14-15H2,1H3,(H,25,30)(H,26,29). The molecule has 1 heterocycles.